The molecule has 1 atom stereocenters. The Morgan fingerprint density at radius 1 is 0.675 bits per heavy atom. The van der Waals surface area contributed by atoms with Crippen molar-refractivity contribution in [1.82, 2.24) is 4.90 Å². The van der Waals surface area contributed by atoms with Gasteiger partial charge in [-0.2, -0.15) is 0 Å². The van der Waals surface area contributed by atoms with E-state index in [-0.39, 0.29) is 18.0 Å². The fourth-order valence-corrected chi connectivity index (χ4v) is 5.85. The molecule has 0 spiro atoms. The van der Waals surface area contributed by atoms with Crippen LogP contribution < -0.4 is 0 Å². The molecule has 3 heteroatoms. The third-order valence-electron chi connectivity index (χ3n) is 8.60. The molecular formula is C37H67NO2. The highest BCUT2D eigenvalue weighted by atomic mass is 16.5. The first-order chi connectivity index (χ1) is 19.6. The van der Waals surface area contributed by atoms with E-state index in [0.29, 0.717) is 6.04 Å². The molecule has 0 aromatic rings. The van der Waals surface area contributed by atoms with E-state index in [1.54, 1.807) is 0 Å². The Morgan fingerprint density at radius 3 is 1.73 bits per heavy atom. The Hall–Kier alpha value is -1.35. The summed E-state index contributed by atoms with van der Waals surface area (Å²) < 4.78 is 6.19. The number of hydrogen-bond acceptors (Lipinski definition) is 3. The molecule has 3 nitrogen and oxygen atoms in total. The normalized spacial score (nSPS) is 18.9. The molecule has 0 radical (unpaired) electrons. The van der Waals surface area contributed by atoms with E-state index in [0.717, 1.165) is 57.8 Å². The Morgan fingerprint density at radius 2 is 1.18 bits per heavy atom. The highest BCUT2D eigenvalue weighted by Crippen LogP contribution is 2.29. The van der Waals surface area contributed by atoms with Gasteiger partial charge in [0.25, 0.3) is 0 Å². The van der Waals surface area contributed by atoms with Crippen molar-refractivity contribution in [3.05, 3.63) is 36.5 Å². The number of esters is 1. The number of allylic oxidation sites excluding steroid dienone is 6. The average Bonchev–Trinajstić information content (AvgIpc) is 2.96. The van der Waals surface area contributed by atoms with Gasteiger partial charge in [0.15, 0.2) is 0 Å². The smallest absolute Gasteiger partial charge is 0.309 e. The first-order valence-corrected chi connectivity index (χ1v) is 17.4. The summed E-state index contributed by atoms with van der Waals surface area (Å²) in [5.74, 6) is 0.225. The summed E-state index contributed by atoms with van der Waals surface area (Å²) in [5.41, 5.74) is 0. The lowest BCUT2D eigenvalue weighted by Crippen LogP contribution is -2.35. The van der Waals surface area contributed by atoms with E-state index in [2.05, 4.69) is 69.3 Å². The third-order valence-corrected chi connectivity index (χ3v) is 8.60. The van der Waals surface area contributed by atoms with Gasteiger partial charge in [-0.05, 0) is 97.6 Å². The van der Waals surface area contributed by atoms with Crippen molar-refractivity contribution >= 4 is 5.97 Å². The molecule has 232 valence electrons. The molecule has 1 aliphatic rings. The summed E-state index contributed by atoms with van der Waals surface area (Å²) in [4.78, 5) is 15.3. The second-order valence-electron chi connectivity index (χ2n) is 12.4. The van der Waals surface area contributed by atoms with E-state index < -0.39 is 0 Å². The van der Waals surface area contributed by atoms with Crippen LogP contribution in [0, 0.1) is 5.92 Å². The number of carbonyl (C=O) groups is 1. The number of hydrogen-bond donors (Lipinski definition) is 0. The van der Waals surface area contributed by atoms with Crippen LogP contribution in [-0.4, -0.2) is 37.1 Å². The summed E-state index contributed by atoms with van der Waals surface area (Å²) in [7, 11) is 4.32. The first kappa shape index (κ1) is 36.7. The largest absolute Gasteiger partial charge is 0.462 e. The monoisotopic (exact) mass is 558 g/mol. The van der Waals surface area contributed by atoms with Crippen molar-refractivity contribution in [2.24, 2.45) is 5.92 Å². The Labute approximate surface area is 250 Å². The molecule has 0 saturated heterocycles. The lowest BCUT2D eigenvalue weighted by molar-refractivity contribution is -0.156. The van der Waals surface area contributed by atoms with Crippen molar-refractivity contribution in [1.29, 1.82) is 0 Å². The minimum absolute atomic E-state index is 0.0991. The predicted octanol–water partition coefficient (Wildman–Crippen LogP) is 11.1. The fraction of sp³-hybridized carbons (Fsp3) is 0.811. The summed E-state index contributed by atoms with van der Waals surface area (Å²) in [6.45, 7) is 4.45. The zero-order valence-corrected chi connectivity index (χ0v) is 27.2. The predicted molar refractivity (Wildman–Crippen MR) is 176 cm³/mol. The van der Waals surface area contributed by atoms with Gasteiger partial charge >= 0.3 is 5.97 Å². The number of ether oxygens (including phenoxy) is 1. The Bertz CT molecular complexity index is 657. The van der Waals surface area contributed by atoms with Crippen molar-refractivity contribution in [3.8, 4) is 0 Å². The van der Waals surface area contributed by atoms with Crippen LogP contribution >= 0.6 is 0 Å². The highest BCUT2D eigenvalue weighted by molar-refractivity contribution is 5.72. The molecule has 0 aromatic carbocycles. The SMILES string of the molecule is CC/C=C\C/C=C\C/C=C\CCCCCCCCC(CCCCCCCCC)OC(=O)C1CCC(N(C)C)CC1. The number of rotatable bonds is 25. The molecule has 1 fully saturated rings. The van der Waals surface area contributed by atoms with Crippen molar-refractivity contribution in [3.63, 3.8) is 0 Å². The summed E-state index contributed by atoms with van der Waals surface area (Å²) in [5, 5.41) is 0. The van der Waals surface area contributed by atoms with Gasteiger partial charge in [-0.15, -0.1) is 0 Å². The van der Waals surface area contributed by atoms with E-state index in [1.807, 2.05) is 0 Å². The maximum atomic E-state index is 13.0. The molecule has 0 N–H and O–H groups in total. The van der Waals surface area contributed by atoms with Crippen LogP contribution in [0.25, 0.3) is 0 Å². The molecule has 0 amide bonds. The highest BCUT2D eigenvalue weighted by Gasteiger charge is 2.29. The van der Waals surface area contributed by atoms with Crippen molar-refractivity contribution < 1.29 is 9.53 Å². The first-order valence-electron chi connectivity index (χ1n) is 17.4. The molecule has 0 bridgehead atoms. The van der Waals surface area contributed by atoms with E-state index >= 15 is 0 Å². The van der Waals surface area contributed by atoms with E-state index in [9.17, 15) is 4.79 Å². The molecule has 1 unspecified atom stereocenters. The molecular weight excluding hydrogens is 490 g/mol. The third kappa shape index (κ3) is 20.5. The number of carbonyl (C=O) groups excluding carboxylic acids is 1. The average molecular weight is 558 g/mol. The van der Waals surface area contributed by atoms with Gasteiger partial charge in [-0.1, -0.05) is 115 Å². The maximum Gasteiger partial charge on any atom is 0.309 e. The van der Waals surface area contributed by atoms with Crippen LogP contribution in [0.4, 0.5) is 0 Å². The van der Waals surface area contributed by atoms with E-state index in [1.165, 1.54) is 89.9 Å². The zero-order valence-electron chi connectivity index (χ0n) is 27.2. The van der Waals surface area contributed by atoms with Crippen molar-refractivity contribution in [2.45, 2.75) is 174 Å². The zero-order chi connectivity index (χ0) is 29.1. The quantitative estimate of drug-likeness (QED) is 0.0635. The van der Waals surface area contributed by atoms with Gasteiger partial charge in [0.2, 0.25) is 0 Å². The molecule has 40 heavy (non-hydrogen) atoms. The lowest BCUT2D eigenvalue weighted by Gasteiger charge is -2.32. The second kappa shape index (κ2) is 26.5. The molecule has 0 aromatic heterocycles. The summed E-state index contributed by atoms with van der Waals surface area (Å²) in [6.07, 6.45) is 41.5. The van der Waals surface area contributed by atoms with Crippen LogP contribution in [-0.2, 0) is 9.53 Å². The van der Waals surface area contributed by atoms with Crippen LogP contribution in [0.5, 0.6) is 0 Å². The van der Waals surface area contributed by atoms with Gasteiger partial charge in [0.1, 0.15) is 6.10 Å². The van der Waals surface area contributed by atoms with E-state index in [4.69, 9.17) is 4.74 Å². The van der Waals surface area contributed by atoms with Crippen LogP contribution in [0.15, 0.2) is 36.5 Å². The molecule has 1 aliphatic carbocycles. The molecule has 1 rings (SSSR count). The Kier molecular flexibility index (Phi) is 24.3. The van der Waals surface area contributed by atoms with Gasteiger partial charge in [0, 0.05) is 6.04 Å². The van der Waals surface area contributed by atoms with Crippen LogP contribution in [0.3, 0.4) is 0 Å². The number of unbranched alkanes of at least 4 members (excludes halogenated alkanes) is 12. The summed E-state index contributed by atoms with van der Waals surface area (Å²) >= 11 is 0. The maximum absolute atomic E-state index is 13.0. The van der Waals surface area contributed by atoms with Crippen LogP contribution in [0.2, 0.25) is 0 Å². The van der Waals surface area contributed by atoms with Crippen molar-refractivity contribution in [2.75, 3.05) is 14.1 Å². The number of nitrogens with zero attached hydrogens (tertiary/aromatic N) is 1. The van der Waals surface area contributed by atoms with Gasteiger partial charge < -0.3 is 9.64 Å². The van der Waals surface area contributed by atoms with Crippen LogP contribution in [0.1, 0.15) is 162 Å². The fourth-order valence-electron chi connectivity index (χ4n) is 5.85. The molecule has 0 aliphatic heterocycles. The molecule has 1 saturated carbocycles. The standard InChI is InChI=1S/C37H67NO2/c1-5-7-9-11-13-14-15-16-17-18-19-20-21-23-25-27-29-36(28-26-24-22-12-10-8-6-2)40-37(39)34-30-32-35(33-31-34)38(3)4/h7,9,13-14,16-17,34-36H,5-6,8,10-12,15,18-33H2,1-4H3/b9-7-,14-13-,17-16-. The summed E-state index contributed by atoms with van der Waals surface area (Å²) in [6, 6.07) is 0.628. The molecule has 0 heterocycles. The lowest BCUT2D eigenvalue weighted by atomic mass is 9.85. The minimum Gasteiger partial charge on any atom is -0.462 e. The minimum atomic E-state index is 0.0991. The van der Waals surface area contributed by atoms with Gasteiger partial charge in [-0.25, -0.2) is 0 Å². The van der Waals surface area contributed by atoms with Gasteiger partial charge in [-0.3, -0.25) is 4.79 Å². The topological polar surface area (TPSA) is 29.5 Å². The Balaban J connectivity index is 2.22. The van der Waals surface area contributed by atoms with Gasteiger partial charge in [0.05, 0.1) is 5.92 Å². The second-order valence-corrected chi connectivity index (χ2v) is 12.4.